The van der Waals surface area contributed by atoms with Gasteiger partial charge in [0.15, 0.2) is 0 Å². The molecule has 2 N–H and O–H groups in total. The molecule has 7 heteroatoms. The smallest absolute Gasteiger partial charge is 0.238 e. The highest BCUT2D eigenvalue weighted by Gasteiger charge is 2.15. The van der Waals surface area contributed by atoms with Gasteiger partial charge in [0, 0.05) is 18.8 Å². The van der Waals surface area contributed by atoms with Crippen LogP contribution < -0.4 is 15.4 Å². The lowest BCUT2D eigenvalue weighted by atomic mass is 10.2. The fourth-order valence-corrected chi connectivity index (χ4v) is 2.36. The van der Waals surface area contributed by atoms with Crippen LogP contribution in [0.1, 0.15) is 12.8 Å². The number of anilines is 1. The maximum Gasteiger partial charge on any atom is 0.238 e. The molecule has 0 spiro atoms. The molecule has 1 heterocycles. The zero-order valence-electron chi connectivity index (χ0n) is 11.9. The van der Waals surface area contributed by atoms with Crippen LogP contribution in [-0.4, -0.2) is 38.8 Å². The van der Waals surface area contributed by atoms with E-state index >= 15 is 0 Å². The summed E-state index contributed by atoms with van der Waals surface area (Å²) in [6, 6.07) is 5.14. The molecule has 0 saturated carbocycles. The number of amides is 1. The Morgan fingerprint density at radius 1 is 1.52 bits per heavy atom. The second-order valence-corrected chi connectivity index (χ2v) is 5.07. The summed E-state index contributed by atoms with van der Waals surface area (Å²) in [5.41, 5.74) is 0.653. The van der Waals surface area contributed by atoms with Gasteiger partial charge in [0.05, 0.1) is 24.8 Å². The normalized spacial score (nSPS) is 17.1. The van der Waals surface area contributed by atoms with Crippen LogP contribution in [-0.2, 0) is 9.53 Å². The first kappa shape index (κ1) is 18.0. The first-order valence-corrected chi connectivity index (χ1v) is 7.02. The molecule has 2 rings (SSSR count). The predicted octanol–water partition coefficient (Wildman–Crippen LogP) is 2.48. The number of carbonyl (C=O) groups excluding carboxylic acids is 1. The third-order valence-electron chi connectivity index (χ3n) is 3.12. The van der Waals surface area contributed by atoms with E-state index in [2.05, 4.69) is 10.6 Å². The molecule has 1 amide bonds. The minimum absolute atomic E-state index is 0. The van der Waals surface area contributed by atoms with E-state index < -0.39 is 0 Å². The summed E-state index contributed by atoms with van der Waals surface area (Å²) in [5, 5.41) is 6.34. The quantitative estimate of drug-likeness (QED) is 0.839. The van der Waals surface area contributed by atoms with Crippen molar-refractivity contribution < 1.29 is 14.3 Å². The minimum atomic E-state index is -0.107. The number of halogens is 2. The van der Waals surface area contributed by atoms with E-state index in [1.54, 1.807) is 25.3 Å². The molecule has 118 valence electrons. The first-order chi connectivity index (χ1) is 9.69. The van der Waals surface area contributed by atoms with Gasteiger partial charge in [-0.25, -0.2) is 0 Å². The SMILES string of the molecule is COc1ccc(NC(=O)CNCC2CCCO2)cc1Cl.Cl. The van der Waals surface area contributed by atoms with Gasteiger partial charge >= 0.3 is 0 Å². The predicted molar refractivity (Wildman–Crippen MR) is 85.7 cm³/mol. The maximum atomic E-state index is 11.8. The van der Waals surface area contributed by atoms with Crippen LogP contribution in [0, 0.1) is 0 Å². The average molecular weight is 335 g/mol. The van der Waals surface area contributed by atoms with Crippen molar-refractivity contribution in [3.63, 3.8) is 0 Å². The van der Waals surface area contributed by atoms with Crippen LogP contribution in [0.2, 0.25) is 5.02 Å². The van der Waals surface area contributed by atoms with Crippen molar-refractivity contribution in [1.29, 1.82) is 0 Å². The van der Waals surface area contributed by atoms with Gasteiger partial charge in [-0.2, -0.15) is 0 Å². The van der Waals surface area contributed by atoms with Gasteiger partial charge < -0.3 is 20.1 Å². The standard InChI is InChI=1S/C14H19ClN2O3.ClH/c1-19-13-5-4-10(7-12(13)15)17-14(18)9-16-8-11-3-2-6-20-11;/h4-5,7,11,16H,2-3,6,8-9H2,1H3,(H,17,18);1H. The number of carbonyl (C=O) groups is 1. The molecular formula is C14H20Cl2N2O3. The van der Waals surface area contributed by atoms with Gasteiger partial charge in [-0.1, -0.05) is 11.6 Å². The summed E-state index contributed by atoms with van der Waals surface area (Å²) >= 11 is 5.99. The minimum Gasteiger partial charge on any atom is -0.495 e. The van der Waals surface area contributed by atoms with Crippen LogP contribution in [0.5, 0.6) is 5.75 Å². The third kappa shape index (κ3) is 5.71. The number of ether oxygens (including phenoxy) is 2. The molecule has 1 fully saturated rings. The van der Waals surface area contributed by atoms with Crippen molar-refractivity contribution in [2.45, 2.75) is 18.9 Å². The largest absolute Gasteiger partial charge is 0.495 e. The number of methoxy groups -OCH3 is 1. The number of rotatable bonds is 6. The van der Waals surface area contributed by atoms with E-state index in [-0.39, 0.29) is 31.0 Å². The van der Waals surface area contributed by atoms with Crippen molar-refractivity contribution in [1.82, 2.24) is 5.32 Å². The maximum absolute atomic E-state index is 11.8. The van der Waals surface area contributed by atoms with E-state index in [4.69, 9.17) is 21.1 Å². The van der Waals surface area contributed by atoms with Crippen LogP contribution in [0.3, 0.4) is 0 Å². The molecule has 1 aromatic rings. The van der Waals surface area contributed by atoms with Crippen LogP contribution in [0.25, 0.3) is 0 Å². The molecule has 0 aliphatic carbocycles. The van der Waals surface area contributed by atoms with Gasteiger partial charge in [0.25, 0.3) is 0 Å². The van der Waals surface area contributed by atoms with Crippen molar-refractivity contribution >= 4 is 35.6 Å². The third-order valence-corrected chi connectivity index (χ3v) is 3.41. The zero-order chi connectivity index (χ0) is 14.4. The van der Waals surface area contributed by atoms with E-state index in [9.17, 15) is 4.79 Å². The Morgan fingerprint density at radius 2 is 2.33 bits per heavy atom. The molecule has 0 radical (unpaired) electrons. The Morgan fingerprint density at radius 3 is 2.95 bits per heavy atom. The Balaban J connectivity index is 0.00000220. The van der Waals surface area contributed by atoms with E-state index in [0.717, 1.165) is 19.4 Å². The summed E-state index contributed by atoms with van der Waals surface area (Å²) in [6.07, 6.45) is 2.39. The summed E-state index contributed by atoms with van der Waals surface area (Å²) in [5.74, 6) is 0.477. The second kappa shape index (κ2) is 9.10. The van der Waals surface area contributed by atoms with Gasteiger partial charge in [-0.3, -0.25) is 4.79 Å². The fraction of sp³-hybridized carbons (Fsp3) is 0.500. The Bertz CT molecular complexity index is 466. The molecule has 5 nitrogen and oxygen atoms in total. The fourth-order valence-electron chi connectivity index (χ4n) is 2.10. The topological polar surface area (TPSA) is 59.6 Å². The molecule has 1 aliphatic rings. The van der Waals surface area contributed by atoms with Gasteiger partial charge in [0.2, 0.25) is 5.91 Å². The van der Waals surface area contributed by atoms with Gasteiger partial charge in [-0.15, -0.1) is 12.4 Å². The molecule has 1 atom stereocenters. The Labute approximate surface area is 135 Å². The molecule has 1 saturated heterocycles. The highest BCUT2D eigenvalue weighted by Crippen LogP contribution is 2.27. The van der Waals surface area contributed by atoms with Gasteiger partial charge in [0.1, 0.15) is 5.75 Å². The van der Waals surface area contributed by atoms with Crippen molar-refractivity contribution in [3.05, 3.63) is 23.2 Å². The average Bonchev–Trinajstić information content (AvgIpc) is 2.92. The molecule has 0 aromatic heterocycles. The summed E-state index contributed by atoms with van der Waals surface area (Å²) in [7, 11) is 1.55. The van der Waals surface area contributed by atoms with Crippen LogP contribution in [0.4, 0.5) is 5.69 Å². The monoisotopic (exact) mass is 334 g/mol. The second-order valence-electron chi connectivity index (χ2n) is 4.66. The van der Waals surface area contributed by atoms with E-state index in [1.165, 1.54) is 0 Å². The van der Waals surface area contributed by atoms with Gasteiger partial charge in [-0.05, 0) is 31.0 Å². The Hall–Kier alpha value is -1.01. The van der Waals surface area contributed by atoms with Crippen LogP contribution in [0.15, 0.2) is 18.2 Å². The highest BCUT2D eigenvalue weighted by atomic mass is 35.5. The highest BCUT2D eigenvalue weighted by molar-refractivity contribution is 6.32. The van der Waals surface area contributed by atoms with Crippen molar-refractivity contribution in [2.75, 3.05) is 32.1 Å². The summed E-state index contributed by atoms with van der Waals surface area (Å²) in [4.78, 5) is 11.8. The van der Waals surface area contributed by atoms with E-state index in [1.807, 2.05) is 0 Å². The molecule has 1 aromatic carbocycles. The van der Waals surface area contributed by atoms with Crippen LogP contribution >= 0.6 is 24.0 Å². The van der Waals surface area contributed by atoms with E-state index in [0.29, 0.717) is 23.0 Å². The summed E-state index contributed by atoms with van der Waals surface area (Å²) < 4.78 is 10.5. The molecule has 21 heavy (non-hydrogen) atoms. The molecule has 1 unspecified atom stereocenters. The summed E-state index contributed by atoms with van der Waals surface area (Å²) in [6.45, 7) is 1.78. The number of benzene rings is 1. The Kier molecular flexibility index (Phi) is 7.82. The lowest BCUT2D eigenvalue weighted by Gasteiger charge is -2.11. The molecule has 1 aliphatic heterocycles. The van der Waals surface area contributed by atoms with Crippen molar-refractivity contribution in [2.24, 2.45) is 0 Å². The number of hydrogen-bond donors (Lipinski definition) is 2. The zero-order valence-corrected chi connectivity index (χ0v) is 13.4. The number of nitrogens with one attached hydrogen (secondary N) is 2. The number of hydrogen-bond acceptors (Lipinski definition) is 4. The lowest BCUT2D eigenvalue weighted by Crippen LogP contribution is -2.33. The molecule has 0 bridgehead atoms. The first-order valence-electron chi connectivity index (χ1n) is 6.65. The van der Waals surface area contributed by atoms with Crippen molar-refractivity contribution in [3.8, 4) is 5.75 Å². The molecular weight excluding hydrogens is 315 g/mol. The lowest BCUT2D eigenvalue weighted by molar-refractivity contribution is -0.115.